The maximum absolute atomic E-state index is 8.82. The van der Waals surface area contributed by atoms with Crippen molar-refractivity contribution in [1.82, 2.24) is 0 Å². The predicted octanol–water partition coefficient (Wildman–Crippen LogP) is -1.59. The summed E-state index contributed by atoms with van der Waals surface area (Å²) in [6.07, 6.45) is 0. The van der Waals surface area contributed by atoms with Crippen molar-refractivity contribution in [3.05, 3.63) is 0 Å². The van der Waals surface area contributed by atoms with Crippen LogP contribution in [-0.2, 0) is 49.5 Å². The number of rotatable bonds is 0. The molecule has 2 N–H and O–H groups in total. The first-order valence-corrected chi connectivity index (χ1v) is 2.88. The van der Waals surface area contributed by atoms with E-state index in [-0.39, 0.29) is 28.3 Å². The molecule has 0 bridgehead atoms. The molecule has 0 aromatic rings. The molecule has 0 saturated heterocycles. The van der Waals surface area contributed by atoms with Gasteiger partial charge in [-0.3, -0.25) is 0 Å². The Balaban J connectivity index is -0.0000000267. The topological polar surface area (TPSA) is 132 Å². The van der Waals surface area contributed by atoms with Crippen molar-refractivity contribution >= 4 is 0 Å². The van der Waals surface area contributed by atoms with Crippen molar-refractivity contribution < 1.29 is 57.9 Å². The van der Waals surface area contributed by atoms with Gasteiger partial charge in [-0.15, -0.1) is 0 Å². The van der Waals surface area contributed by atoms with Crippen LogP contribution in [0.3, 0.4) is 0 Å². The van der Waals surface area contributed by atoms with Crippen molar-refractivity contribution in [2.75, 3.05) is 0 Å². The van der Waals surface area contributed by atoms with Crippen molar-refractivity contribution in [2.24, 2.45) is 0 Å². The molecule has 8 heavy (non-hydrogen) atoms. The van der Waals surface area contributed by atoms with Crippen LogP contribution < -0.4 is 0 Å². The molecule has 0 aromatic heterocycles. The first kappa shape index (κ1) is 23.6. The summed E-state index contributed by atoms with van der Waals surface area (Å²) in [4.78, 5) is 0. The first-order valence-electron chi connectivity index (χ1n) is 0.698. The van der Waals surface area contributed by atoms with Gasteiger partial charge in [0.2, 0.25) is 0 Å². The molecule has 0 aliphatic carbocycles. The molecule has 0 aliphatic heterocycles. The molecule has 0 rings (SSSR count). The number of hydrogen-bond acceptors (Lipinski definition) is 2. The Morgan fingerprint density at radius 3 is 1.00 bits per heavy atom. The molecule has 0 fully saturated rings. The average molecular weight is 202 g/mol. The second-order valence-corrected chi connectivity index (χ2v) is 1.85. The Labute approximate surface area is 58.3 Å². The van der Waals surface area contributed by atoms with Crippen LogP contribution in [-0.4, -0.2) is 8.32 Å². The van der Waals surface area contributed by atoms with E-state index in [1.807, 2.05) is 0 Å². The average Bonchev–Trinajstić information content (AvgIpc) is 0.722. The Morgan fingerprint density at radius 1 is 1.00 bits per heavy atom. The quantitative estimate of drug-likeness (QED) is 0.489. The van der Waals surface area contributed by atoms with Gasteiger partial charge in [0.15, 0.2) is 0 Å². The SMILES string of the molecule is [Cr+4].[O-2].[O-2].[O]=[Cr](=[O])([OH])[OH]. The van der Waals surface area contributed by atoms with E-state index in [0.717, 1.165) is 0 Å². The molecule has 0 spiro atoms. The van der Waals surface area contributed by atoms with Gasteiger partial charge in [-0.25, -0.2) is 0 Å². The third kappa shape index (κ3) is 773. The van der Waals surface area contributed by atoms with Gasteiger partial charge in [-0.05, 0) is 0 Å². The summed E-state index contributed by atoms with van der Waals surface area (Å²) in [6, 6.07) is 0. The molecule has 0 saturated carbocycles. The molecule has 8 heteroatoms. The van der Waals surface area contributed by atoms with E-state index in [4.69, 9.17) is 15.9 Å². The third-order valence-corrected chi connectivity index (χ3v) is 0. The zero-order valence-electron chi connectivity index (χ0n) is 3.34. The van der Waals surface area contributed by atoms with E-state index in [1.54, 1.807) is 0 Å². The maximum atomic E-state index is 8.82. The molecule has 6 nitrogen and oxygen atoms in total. The monoisotopic (exact) mass is 202 g/mol. The summed E-state index contributed by atoms with van der Waals surface area (Å²) in [5, 5.41) is 0. The van der Waals surface area contributed by atoms with Crippen LogP contribution in [0.15, 0.2) is 0 Å². The molecule has 0 aliphatic rings. The van der Waals surface area contributed by atoms with Crippen molar-refractivity contribution in [3.63, 3.8) is 0 Å². The summed E-state index contributed by atoms with van der Waals surface area (Å²) in [5.41, 5.74) is 0. The van der Waals surface area contributed by atoms with Crippen LogP contribution in [0.25, 0.3) is 0 Å². The minimum atomic E-state index is -5.25. The zero-order valence-corrected chi connectivity index (χ0v) is 5.89. The Morgan fingerprint density at radius 2 is 1.00 bits per heavy atom. The van der Waals surface area contributed by atoms with E-state index < -0.39 is 13.6 Å². The van der Waals surface area contributed by atoms with E-state index >= 15 is 0 Å². The second-order valence-electron chi connectivity index (χ2n) is 0.448. The predicted molar refractivity (Wildman–Crippen MR) is 7.18 cm³/mol. The van der Waals surface area contributed by atoms with Gasteiger partial charge in [0, 0.05) is 0 Å². The molecular weight excluding hydrogens is 200 g/mol. The van der Waals surface area contributed by atoms with E-state index in [1.165, 1.54) is 0 Å². The Hall–Kier alpha value is 0.505. The molecule has 0 aromatic carbocycles. The summed E-state index contributed by atoms with van der Waals surface area (Å²) in [5.74, 6) is 0. The molecule has 0 atom stereocenters. The van der Waals surface area contributed by atoms with Gasteiger partial charge in [-0.2, -0.15) is 0 Å². The fourth-order valence-corrected chi connectivity index (χ4v) is 0. The van der Waals surface area contributed by atoms with Crippen molar-refractivity contribution in [1.29, 1.82) is 0 Å². The summed E-state index contributed by atoms with van der Waals surface area (Å²) < 4.78 is 31.9. The molecule has 50 valence electrons. The summed E-state index contributed by atoms with van der Waals surface area (Å²) in [7, 11) is 0. The minimum absolute atomic E-state index is 0. The van der Waals surface area contributed by atoms with Crippen molar-refractivity contribution in [2.45, 2.75) is 0 Å². The normalized spacial score (nSPS) is 7.25. The molecular formula is H2Cr2O6. The standard InChI is InChI=1S/2Cr.2H2O.4O/h;;2*1H2;;;;/q+2;+4;;;;;2*-2/p-2. The van der Waals surface area contributed by atoms with Gasteiger partial charge >= 0.3 is 46.9 Å². The van der Waals surface area contributed by atoms with E-state index in [9.17, 15) is 0 Å². The van der Waals surface area contributed by atoms with Crippen LogP contribution in [0.5, 0.6) is 0 Å². The molecule has 0 heterocycles. The van der Waals surface area contributed by atoms with Crippen LogP contribution in [0.4, 0.5) is 0 Å². The first-order chi connectivity index (χ1) is 2.00. The summed E-state index contributed by atoms with van der Waals surface area (Å²) >= 11 is -5.25. The van der Waals surface area contributed by atoms with Gasteiger partial charge in [0.25, 0.3) is 0 Å². The van der Waals surface area contributed by atoms with Gasteiger partial charge in [0.1, 0.15) is 0 Å². The number of hydrogen-bond donors (Lipinski definition) is 2. The fraction of sp³-hybridized carbons (Fsp3) is 0. The van der Waals surface area contributed by atoms with E-state index in [0.29, 0.717) is 0 Å². The fourth-order valence-electron chi connectivity index (χ4n) is 0. The molecule has 0 amide bonds. The molecule has 0 unspecified atom stereocenters. The van der Waals surface area contributed by atoms with Gasteiger partial charge in [0.05, 0.1) is 0 Å². The third-order valence-electron chi connectivity index (χ3n) is 0. The Kier molecular flexibility index (Phi) is 22.1. The van der Waals surface area contributed by atoms with E-state index in [2.05, 4.69) is 0 Å². The molecule has 0 radical (unpaired) electrons. The van der Waals surface area contributed by atoms with Crippen LogP contribution >= 0.6 is 0 Å². The summed E-state index contributed by atoms with van der Waals surface area (Å²) in [6.45, 7) is 0. The Bertz CT molecular complexity index is 89.7. The van der Waals surface area contributed by atoms with Gasteiger partial charge in [-0.1, -0.05) is 0 Å². The van der Waals surface area contributed by atoms with Crippen LogP contribution in [0.1, 0.15) is 0 Å². The van der Waals surface area contributed by atoms with Crippen LogP contribution in [0, 0.1) is 0 Å². The van der Waals surface area contributed by atoms with Crippen LogP contribution in [0.2, 0.25) is 0 Å². The van der Waals surface area contributed by atoms with Gasteiger partial charge < -0.3 is 11.0 Å². The zero-order chi connectivity index (χ0) is 4.50. The second kappa shape index (κ2) is 7.50. The van der Waals surface area contributed by atoms with Crippen molar-refractivity contribution in [3.8, 4) is 0 Å².